The molecule has 1 amide bonds. The number of nitro benzene ring substituents is 1. The van der Waals surface area contributed by atoms with Gasteiger partial charge in [0.25, 0.3) is 17.2 Å². The Morgan fingerprint density at radius 1 is 1.03 bits per heavy atom. The molecular formula is C24H27N5O4. The molecule has 0 aliphatic carbocycles. The fourth-order valence-electron chi connectivity index (χ4n) is 4.29. The first-order valence-electron chi connectivity index (χ1n) is 11.1. The van der Waals surface area contributed by atoms with Crippen molar-refractivity contribution in [3.63, 3.8) is 0 Å². The fraction of sp³-hybridized carbons (Fsp3) is 0.333. The number of amides is 1. The second-order valence-corrected chi connectivity index (χ2v) is 8.25. The molecular weight excluding hydrogens is 422 g/mol. The fourth-order valence-corrected chi connectivity index (χ4v) is 4.29. The van der Waals surface area contributed by atoms with Crippen LogP contribution in [0.25, 0.3) is 5.69 Å². The van der Waals surface area contributed by atoms with E-state index in [0.29, 0.717) is 17.1 Å². The van der Waals surface area contributed by atoms with Crippen LogP contribution in [0.1, 0.15) is 41.7 Å². The third-order valence-corrected chi connectivity index (χ3v) is 6.17. The van der Waals surface area contributed by atoms with Crippen molar-refractivity contribution >= 4 is 23.0 Å². The minimum Gasteiger partial charge on any atom is -0.366 e. The molecule has 1 N–H and O–H groups in total. The first kappa shape index (κ1) is 22.3. The monoisotopic (exact) mass is 449 g/mol. The third kappa shape index (κ3) is 4.39. The normalized spacial score (nSPS) is 14.1. The SMILES string of the molecule is Cc1c(NC(=O)c2ccc(N3CCCCCC3)c([N+](=O)[O-])c2)c(=O)n(-c2ccccc2)n1C. The highest BCUT2D eigenvalue weighted by Gasteiger charge is 2.24. The maximum Gasteiger partial charge on any atom is 0.295 e. The number of hydrogen-bond donors (Lipinski definition) is 1. The number of hydrogen-bond acceptors (Lipinski definition) is 5. The van der Waals surface area contributed by atoms with E-state index in [9.17, 15) is 19.7 Å². The summed E-state index contributed by atoms with van der Waals surface area (Å²) in [6.07, 6.45) is 4.20. The maximum absolute atomic E-state index is 13.1. The van der Waals surface area contributed by atoms with Gasteiger partial charge in [-0.3, -0.25) is 24.4 Å². The lowest BCUT2D eigenvalue weighted by Gasteiger charge is -2.22. The van der Waals surface area contributed by atoms with Crippen molar-refractivity contribution in [2.75, 3.05) is 23.3 Å². The maximum atomic E-state index is 13.1. The molecule has 0 spiro atoms. The zero-order valence-corrected chi connectivity index (χ0v) is 18.8. The van der Waals surface area contributed by atoms with Crippen molar-refractivity contribution in [1.82, 2.24) is 9.36 Å². The second-order valence-electron chi connectivity index (χ2n) is 8.25. The Balaban J connectivity index is 1.65. The Morgan fingerprint density at radius 3 is 2.33 bits per heavy atom. The number of anilines is 2. The molecule has 0 saturated carbocycles. The van der Waals surface area contributed by atoms with Crippen LogP contribution in [0.15, 0.2) is 53.3 Å². The summed E-state index contributed by atoms with van der Waals surface area (Å²) in [6, 6.07) is 13.6. The average molecular weight is 450 g/mol. The van der Waals surface area contributed by atoms with Gasteiger partial charge >= 0.3 is 0 Å². The van der Waals surface area contributed by atoms with Crippen LogP contribution in [0, 0.1) is 17.0 Å². The Morgan fingerprint density at radius 2 is 1.70 bits per heavy atom. The molecule has 0 bridgehead atoms. The number of benzene rings is 2. The van der Waals surface area contributed by atoms with Gasteiger partial charge in [0.1, 0.15) is 11.4 Å². The minimum atomic E-state index is -0.563. The van der Waals surface area contributed by atoms with Gasteiger partial charge in [-0.2, -0.15) is 0 Å². The molecule has 1 aliphatic rings. The van der Waals surface area contributed by atoms with Crippen LogP contribution >= 0.6 is 0 Å². The van der Waals surface area contributed by atoms with E-state index < -0.39 is 10.8 Å². The van der Waals surface area contributed by atoms with Crippen molar-refractivity contribution in [3.05, 3.63) is 80.3 Å². The summed E-state index contributed by atoms with van der Waals surface area (Å²) >= 11 is 0. The molecule has 9 nitrogen and oxygen atoms in total. The lowest BCUT2D eigenvalue weighted by atomic mass is 10.1. The summed E-state index contributed by atoms with van der Waals surface area (Å²) in [4.78, 5) is 39.4. The van der Waals surface area contributed by atoms with Gasteiger partial charge in [-0.05, 0) is 44.0 Å². The summed E-state index contributed by atoms with van der Waals surface area (Å²) in [5.74, 6) is -0.563. The first-order chi connectivity index (χ1) is 15.9. The highest BCUT2D eigenvalue weighted by molar-refractivity contribution is 6.05. The van der Waals surface area contributed by atoms with Crippen molar-refractivity contribution in [2.24, 2.45) is 7.05 Å². The Bertz CT molecular complexity index is 1240. The number of nitro groups is 1. The summed E-state index contributed by atoms with van der Waals surface area (Å²) in [7, 11) is 1.74. The number of carbonyl (C=O) groups excluding carboxylic acids is 1. The predicted octanol–water partition coefficient (Wildman–Crippen LogP) is 4.03. The van der Waals surface area contributed by atoms with E-state index >= 15 is 0 Å². The van der Waals surface area contributed by atoms with Crippen LogP contribution in [0.2, 0.25) is 0 Å². The van der Waals surface area contributed by atoms with E-state index in [0.717, 1.165) is 38.8 Å². The third-order valence-electron chi connectivity index (χ3n) is 6.17. The largest absolute Gasteiger partial charge is 0.366 e. The summed E-state index contributed by atoms with van der Waals surface area (Å²) < 4.78 is 3.13. The van der Waals surface area contributed by atoms with Crippen LogP contribution in [0.4, 0.5) is 17.1 Å². The molecule has 1 fully saturated rings. The molecule has 9 heteroatoms. The van der Waals surface area contributed by atoms with Crippen molar-refractivity contribution in [1.29, 1.82) is 0 Å². The zero-order chi connectivity index (χ0) is 23.5. The van der Waals surface area contributed by atoms with Crippen LogP contribution < -0.4 is 15.8 Å². The van der Waals surface area contributed by atoms with E-state index in [1.165, 1.54) is 10.7 Å². The van der Waals surface area contributed by atoms with Gasteiger partial charge in [-0.15, -0.1) is 0 Å². The molecule has 172 valence electrons. The first-order valence-corrected chi connectivity index (χ1v) is 11.1. The standard InChI is InChI=1S/C24H27N5O4/c1-17-22(24(31)28(26(17)2)19-10-6-5-7-11-19)25-23(30)18-12-13-20(21(16-18)29(32)33)27-14-8-3-4-9-15-27/h5-7,10-13,16H,3-4,8-9,14-15H2,1-2H3,(H,25,30). The summed E-state index contributed by atoms with van der Waals surface area (Å²) in [6.45, 7) is 3.25. The number of aromatic nitrogens is 2. The van der Waals surface area contributed by atoms with Gasteiger partial charge in [-0.1, -0.05) is 31.0 Å². The van der Waals surface area contributed by atoms with Gasteiger partial charge in [0.2, 0.25) is 0 Å². The lowest BCUT2D eigenvalue weighted by Crippen LogP contribution is -2.25. The summed E-state index contributed by atoms with van der Waals surface area (Å²) in [5.41, 5.74) is 1.58. The lowest BCUT2D eigenvalue weighted by molar-refractivity contribution is -0.384. The molecule has 2 heterocycles. The van der Waals surface area contributed by atoms with E-state index in [-0.39, 0.29) is 22.5 Å². The molecule has 0 unspecified atom stereocenters. The molecule has 3 aromatic rings. The highest BCUT2D eigenvalue weighted by atomic mass is 16.6. The average Bonchev–Trinajstić information content (AvgIpc) is 3.02. The zero-order valence-electron chi connectivity index (χ0n) is 18.8. The number of carbonyl (C=O) groups is 1. The van der Waals surface area contributed by atoms with Gasteiger partial charge in [0.05, 0.1) is 16.3 Å². The van der Waals surface area contributed by atoms with E-state index in [1.54, 1.807) is 42.9 Å². The van der Waals surface area contributed by atoms with Crippen LogP contribution in [0.5, 0.6) is 0 Å². The van der Waals surface area contributed by atoms with Crippen molar-refractivity contribution in [2.45, 2.75) is 32.6 Å². The molecule has 0 radical (unpaired) electrons. The van der Waals surface area contributed by atoms with Gasteiger partial charge in [0.15, 0.2) is 0 Å². The smallest absolute Gasteiger partial charge is 0.295 e. The van der Waals surface area contributed by atoms with Gasteiger partial charge < -0.3 is 10.2 Å². The Kier molecular flexibility index (Phi) is 6.30. The highest BCUT2D eigenvalue weighted by Crippen LogP contribution is 2.31. The number of nitrogens with one attached hydrogen (secondary N) is 1. The van der Waals surface area contributed by atoms with E-state index in [4.69, 9.17) is 0 Å². The topological polar surface area (TPSA) is 102 Å². The van der Waals surface area contributed by atoms with E-state index in [2.05, 4.69) is 5.32 Å². The van der Waals surface area contributed by atoms with Crippen LogP contribution in [-0.2, 0) is 7.05 Å². The number of nitrogens with zero attached hydrogens (tertiary/aromatic N) is 4. The summed E-state index contributed by atoms with van der Waals surface area (Å²) in [5, 5.41) is 14.5. The van der Waals surface area contributed by atoms with Crippen LogP contribution in [0.3, 0.4) is 0 Å². The second kappa shape index (κ2) is 9.32. The minimum absolute atomic E-state index is 0.101. The van der Waals surface area contributed by atoms with Crippen molar-refractivity contribution < 1.29 is 9.72 Å². The van der Waals surface area contributed by atoms with Gasteiger partial charge in [-0.25, -0.2) is 4.68 Å². The molecule has 33 heavy (non-hydrogen) atoms. The Hall–Kier alpha value is -3.88. The molecule has 1 saturated heterocycles. The van der Waals surface area contributed by atoms with Gasteiger partial charge in [0, 0.05) is 31.8 Å². The quantitative estimate of drug-likeness (QED) is 0.468. The molecule has 1 aromatic heterocycles. The van der Waals surface area contributed by atoms with Crippen molar-refractivity contribution in [3.8, 4) is 5.69 Å². The molecule has 0 atom stereocenters. The van der Waals surface area contributed by atoms with Crippen LogP contribution in [-0.4, -0.2) is 33.3 Å². The van der Waals surface area contributed by atoms with E-state index in [1.807, 2.05) is 23.1 Å². The number of para-hydroxylation sites is 1. The molecule has 4 rings (SSSR count). The number of rotatable bonds is 5. The molecule has 2 aromatic carbocycles. The molecule has 1 aliphatic heterocycles. The Labute approximate surface area is 191 Å². The predicted molar refractivity (Wildman–Crippen MR) is 127 cm³/mol.